The number of carbonyl (C=O) groups is 1. The molecule has 1 heterocycles. The summed E-state index contributed by atoms with van der Waals surface area (Å²) in [6.45, 7) is 4.07. The molecule has 0 unspecified atom stereocenters. The molecule has 0 aliphatic carbocycles. The van der Waals surface area contributed by atoms with E-state index in [0.717, 1.165) is 5.69 Å². The number of aryl methyl sites for hydroxylation is 2. The number of amides is 1. The highest BCUT2D eigenvalue weighted by Crippen LogP contribution is 2.19. The maximum atomic E-state index is 12.0. The Hall–Kier alpha value is -3.34. The van der Waals surface area contributed by atoms with Crippen LogP contribution in [0.1, 0.15) is 11.1 Å². The number of nitrogens with zero attached hydrogens (tertiary/aromatic N) is 1. The van der Waals surface area contributed by atoms with Crippen LogP contribution in [0.5, 0.6) is 5.75 Å². The lowest BCUT2D eigenvalue weighted by Crippen LogP contribution is -2.20. The van der Waals surface area contributed by atoms with Gasteiger partial charge in [0.05, 0.1) is 11.9 Å². The van der Waals surface area contributed by atoms with Gasteiger partial charge in [0.15, 0.2) is 6.61 Å². The summed E-state index contributed by atoms with van der Waals surface area (Å²) < 4.78 is 5.42. The highest BCUT2D eigenvalue weighted by molar-refractivity contribution is 5.91. The van der Waals surface area contributed by atoms with Crippen molar-refractivity contribution in [2.24, 2.45) is 0 Å². The third-order valence-electron chi connectivity index (χ3n) is 3.65. The van der Waals surface area contributed by atoms with Crippen LogP contribution >= 0.6 is 0 Å². The van der Waals surface area contributed by atoms with E-state index >= 15 is 0 Å². The van der Waals surface area contributed by atoms with Crippen LogP contribution in [-0.2, 0) is 4.79 Å². The van der Waals surface area contributed by atoms with Gasteiger partial charge in [0.1, 0.15) is 11.6 Å². The Morgan fingerprint density at radius 2 is 1.69 bits per heavy atom. The molecule has 3 aromatic rings. The van der Waals surface area contributed by atoms with Gasteiger partial charge in [0.2, 0.25) is 0 Å². The van der Waals surface area contributed by atoms with Crippen molar-refractivity contribution in [2.75, 3.05) is 17.2 Å². The van der Waals surface area contributed by atoms with Gasteiger partial charge in [-0.3, -0.25) is 4.79 Å². The van der Waals surface area contributed by atoms with Crippen molar-refractivity contribution >= 4 is 23.1 Å². The number of hydrogen-bond acceptors (Lipinski definition) is 4. The minimum absolute atomic E-state index is 0.0490. The van der Waals surface area contributed by atoms with Crippen LogP contribution in [0.4, 0.5) is 17.2 Å². The third-order valence-corrected chi connectivity index (χ3v) is 3.65. The van der Waals surface area contributed by atoms with Crippen molar-refractivity contribution in [1.82, 2.24) is 4.98 Å². The Labute approximate surface area is 153 Å². The topological polar surface area (TPSA) is 63.2 Å². The Morgan fingerprint density at radius 1 is 0.962 bits per heavy atom. The maximum absolute atomic E-state index is 12.0. The van der Waals surface area contributed by atoms with Crippen molar-refractivity contribution in [3.8, 4) is 5.75 Å². The van der Waals surface area contributed by atoms with Gasteiger partial charge < -0.3 is 15.4 Å². The van der Waals surface area contributed by atoms with Gasteiger partial charge in [-0.15, -0.1) is 0 Å². The quantitative estimate of drug-likeness (QED) is 0.691. The van der Waals surface area contributed by atoms with Crippen molar-refractivity contribution in [1.29, 1.82) is 0 Å². The molecule has 5 heteroatoms. The number of ether oxygens (including phenoxy) is 1. The molecule has 0 radical (unpaired) electrons. The molecule has 2 aromatic carbocycles. The number of hydrogen-bond donors (Lipinski definition) is 2. The fraction of sp³-hybridized carbons (Fsp3) is 0.143. The molecule has 2 N–H and O–H groups in total. The first-order valence-electron chi connectivity index (χ1n) is 8.37. The lowest BCUT2D eigenvalue weighted by molar-refractivity contribution is -0.118. The van der Waals surface area contributed by atoms with Crippen LogP contribution in [0.2, 0.25) is 0 Å². The number of carbonyl (C=O) groups excluding carboxylic acids is 1. The summed E-state index contributed by atoms with van der Waals surface area (Å²) in [5.74, 6) is 1.15. The predicted molar refractivity (Wildman–Crippen MR) is 104 cm³/mol. The zero-order valence-corrected chi connectivity index (χ0v) is 14.8. The van der Waals surface area contributed by atoms with E-state index in [9.17, 15) is 4.79 Å². The SMILES string of the molecule is Cc1cc(C)cc(Nc2ccc(NC(=O)COc3ccccc3)cn2)c1. The molecule has 3 rings (SSSR count). The minimum Gasteiger partial charge on any atom is -0.484 e. The second-order valence-corrected chi connectivity index (χ2v) is 6.08. The highest BCUT2D eigenvalue weighted by atomic mass is 16.5. The van der Waals surface area contributed by atoms with Gasteiger partial charge >= 0.3 is 0 Å². The summed E-state index contributed by atoms with van der Waals surface area (Å²) in [5.41, 5.74) is 3.99. The number of anilines is 3. The highest BCUT2D eigenvalue weighted by Gasteiger charge is 2.05. The van der Waals surface area contributed by atoms with E-state index < -0.39 is 0 Å². The van der Waals surface area contributed by atoms with Gasteiger partial charge in [-0.1, -0.05) is 24.3 Å². The Kier molecular flexibility index (Phi) is 5.49. The van der Waals surface area contributed by atoms with Crippen LogP contribution in [0.15, 0.2) is 66.9 Å². The van der Waals surface area contributed by atoms with Crippen LogP contribution in [0.3, 0.4) is 0 Å². The van der Waals surface area contributed by atoms with Gasteiger partial charge in [0.25, 0.3) is 5.91 Å². The number of para-hydroxylation sites is 1. The average molecular weight is 347 g/mol. The zero-order chi connectivity index (χ0) is 18.4. The van der Waals surface area contributed by atoms with Gasteiger partial charge in [0, 0.05) is 5.69 Å². The van der Waals surface area contributed by atoms with E-state index in [4.69, 9.17) is 4.74 Å². The van der Waals surface area contributed by atoms with Crippen molar-refractivity contribution in [3.63, 3.8) is 0 Å². The number of nitrogens with one attached hydrogen (secondary N) is 2. The molecule has 5 nitrogen and oxygen atoms in total. The van der Waals surface area contributed by atoms with Crippen LogP contribution in [0, 0.1) is 13.8 Å². The molecule has 0 spiro atoms. The normalized spacial score (nSPS) is 10.2. The molecule has 0 aliphatic heterocycles. The molecular weight excluding hydrogens is 326 g/mol. The number of pyridine rings is 1. The van der Waals surface area contributed by atoms with Crippen LogP contribution in [0.25, 0.3) is 0 Å². The molecule has 132 valence electrons. The molecule has 0 fully saturated rings. The smallest absolute Gasteiger partial charge is 0.262 e. The Balaban J connectivity index is 1.54. The summed E-state index contributed by atoms with van der Waals surface area (Å²) in [5, 5.41) is 6.03. The number of benzene rings is 2. The van der Waals surface area contributed by atoms with Gasteiger partial charge in [-0.05, 0) is 61.4 Å². The van der Waals surface area contributed by atoms with E-state index in [2.05, 4.69) is 47.7 Å². The van der Waals surface area contributed by atoms with E-state index in [1.807, 2.05) is 36.4 Å². The largest absolute Gasteiger partial charge is 0.484 e. The summed E-state index contributed by atoms with van der Waals surface area (Å²) in [6.07, 6.45) is 1.62. The number of rotatable bonds is 6. The monoisotopic (exact) mass is 347 g/mol. The third kappa shape index (κ3) is 5.08. The van der Waals surface area contributed by atoms with Crippen molar-refractivity contribution in [2.45, 2.75) is 13.8 Å². The van der Waals surface area contributed by atoms with Crippen molar-refractivity contribution < 1.29 is 9.53 Å². The predicted octanol–water partition coefficient (Wildman–Crippen LogP) is 4.46. The molecule has 0 bridgehead atoms. The summed E-state index contributed by atoms with van der Waals surface area (Å²) in [4.78, 5) is 16.3. The lowest BCUT2D eigenvalue weighted by Gasteiger charge is -2.10. The van der Waals surface area contributed by atoms with E-state index in [0.29, 0.717) is 17.3 Å². The molecular formula is C21H21N3O2. The molecule has 0 atom stereocenters. The van der Waals surface area contributed by atoms with E-state index in [1.165, 1.54) is 11.1 Å². The minimum atomic E-state index is -0.231. The molecule has 1 amide bonds. The molecule has 0 saturated heterocycles. The molecule has 1 aromatic heterocycles. The first-order chi connectivity index (χ1) is 12.6. The first kappa shape index (κ1) is 17.5. The average Bonchev–Trinajstić information content (AvgIpc) is 2.62. The van der Waals surface area contributed by atoms with Crippen LogP contribution < -0.4 is 15.4 Å². The molecule has 0 aliphatic rings. The zero-order valence-electron chi connectivity index (χ0n) is 14.8. The van der Waals surface area contributed by atoms with Gasteiger partial charge in [-0.2, -0.15) is 0 Å². The van der Waals surface area contributed by atoms with Gasteiger partial charge in [-0.25, -0.2) is 4.98 Å². The summed E-state index contributed by atoms with van der Waals surface area (Å²) in [7, 11) is 0. The van der Waals surface area contributed by atoms with Crippen molar-refractivity contribution in [3.05, 3.63) is 78.0 Å². The standard InChI is InChI=1S/C21H21N3O2/c1-15-10-16(2)12-18(11-15)23-20-9-8-17(13-22-20)24-21(25)14-26-19-6-4-3-5-7-19/h3-13H,14H2,1-2H3,(H,22,23)(H,24,25). The summed E-state index contributed by atoms with van der Waals surface area (Å²) in [6, 6.07) is 19.1. The van der Waals surface area contributed by atoms with Crippen LogP contribution in [-0.4, -0.2) is 17.5 Å². The lowest BCUT2D eigenvalue weighted by atomic mass is 10.1. The fourth-order valence-corrected chi connectivity index (χ4v) is 2.60. The second-order valence-electron chi connectivity index (χ2n) is 6.08. The Morgan fingerprint density at radius 3 is 2.35 bits per heavy atom. The molecule has 0 saturated carbocycles. The fourth-order valence-electron chi connectivity index (χ4n) is 2.60. The summed E-state index contributed by atoms with van der Waals surface area (Å²) >= 11 is 0. The first-order valence-corrected chi connectivity index (χ1v) is 8.37. The number of aromatic nitrogens is 1. The molecule has 26 heavy (non-hydrogen) atoms. The second kappa shape index (κ2) is 8.16. The Bertz CT molecular complexity index is 857. The van der Waals surface area contributed by atoms with E-state index in [-0.39, 0.29) is 12.5 Å². The maximum Gasteiger partial charge on any atom is 0.262 e. The van der Waals surface area contributed by atoms with E-state index in [1.54, 1.807) is 12.3 Å².